The van der Waals surface area contributed by atoms with Crippen LogP contribution >= 0.6 is 11.8 Å². The van der Waals surface area contributed by atoms with E-state index in [1.165, 1.54) is 0 Å². The van der Waals surface area contributed by atoms with Gasteiger partial charge in [-0.15, -0.1) is 11.8 Å². The molecule has 2 atom stereocenters. The molecule has 0 saturated carbocycles. The highest BCUT2D eigenvalue weighted by atomic mass is 32.2. The van der Waals surface area contributed by atoms with Gasteiger partial charge in [0.1, 0.15) is 0 Å². The molecule has 2 amide bonds. The molecule has 5 heteroatoms. The summed E-state index contributed by atoms with van der Waals surface area (Å²) in [5, 5.41) is 0.463. The van der Waals surface area contributed by atoms with Crippen molar-refractivity contribution in [3.8, 4) is 0 Å². The fraction of sp³-hybridized carbons (Fsp3) is 0.857. The van der Waals surface area contributed by atoms with Crippen molar-refractivity contribution in [2.45, 2.75) is 51.0 Å². The molecule has 0 aromatic rings. The normalized spacial score (nSPS) is 20.4. The van der Waals surface area contributed by atoms with Gasteiger partial charge in [0.25, 0.3) is 0 Å². The molecular formula is C14H26N2O2S. The van der Waals surface area contributed by atoms with Gasteiger partial charge in [-0.05, 0) is 25.7 Å². The fourth-order valence-corrected chi connectivity index (χ4v) is 3.40. The molecule has 1 aliphatic rings. The van der Waals surface area contributed by atoms with E-state index in [0.29, 0.717) is 37.1 Å². The van der Waals surface area contributed by atoms with Gasteiger partial charge in [0.05, 0.1) is 5.25 Å². The summed E-state index contributed by atoms with van der Waals surface area (Å²) in [6, 6.07) is 0. The molecule has 1 saturated heterocycles. The van der Waals surface area contributed by atoms with Gasteiger partial charge in [-0.3, -0.25) is 9.59 Å². The van der Waals surface area contributed by atoms with E-state index < -0.39 is 0 Å². The second-order valence-electron chi connectivity index (χ2n) is 5.73. The maximum Gasteiger partial charge on any atom is 0.235 e. The minimum absolute atomic E-state index is 0.0115. The van der Waals surface area contributed by atoms with Crippen LogP contribution in [0.1, 0.15) is 40.5 Å². The molecule has 1 rings (SSSR count). The molecule has 0 aromatic carbocycles. The van der Waals surface area contributed by atoms with Crippen LogP contribution in [0.15, 0.2) is 0 Å². The van der Waals surface area contributed by atoms with Crippen LogP contribution in [0.3, 0.4) is 0 Å². The van der Waals surface area contributed by atoms with Crippen molar-refractivity contribution in [3.05, 3.63) is 0 Å². The Morgan fingerprint density at radius 1 is 1.16 bits per heavy atom. The molecule has 19 heavy (non-hydrogen) atoms. The van der Waals surface area contributed by atoms with E-state index >= 15 is 0 Å². The number of thioether (sulfide) groups is 1. The average Bonchev–Trinajstić information content (AvgIpc) is 2.37. The largest absolute Gasteiger partial charge is 0.369 e. The minimum Gasteiger partial charge on any atom is -0.369 e. The summed E-state index contributed by atoms with van der Waals surface area (Å²) in [6.07, 6.45) is 1.41. The number of carbonyl (C=O) groups is 2. The van der Waals surface area contributed by atoms with Crippen LogP contribution in [0.25, 0.3) is 0 Å². The van der Waals surface area contributed by atoms with Crippen molar-refractivity contribution in [2.24, 2.45) is 17.6 Å². The number of likely N-dealkylation sites (tertiary alicyclic amines) is 1. The van der Waals surface area contributed by atoms with E-state index in [2.05, 4.69) is 20.8 Å². The van der Waals surface area contributed by atoms with Gasteiger partial charge in [0, 0.05) is 24.3 Å². The lowest BCUT2D eigenvalue weighted by Crippen LogP contribution is -2.44. The highest BCUT2D eigenvalue weighted by Crippen LogP contribution is 2.26. The van der Waals surface area contributed by atoms with Crippen LogP contribution in [0, 0.1) is 11.8 Å². The van der Waals surface area contributed by atoms with Crippen molar-refractivity contribution in [1.29, 1.82) is 0 Å². The van der Waals surface area contributed by atoms with Gasteiger partial charge in [0.15, 0.2) is 0 Å². The molecule has 1 fully saturated rings. The SMILES string of the molecule is CC(C)[C@@H](C)S[C@H](C)C(=O)N1CCC(C(N)=O)CC1. The van der Waals surface area contributed by atoms with E-state index in [1.807, 2.05) is 11.8 Å². The lowest BCUT2D eigenvalue weighted by molar-refractivity contribution is -0.134. The molecule has 0 aromatic heterocycles. The topological polar surface area (TPSA) is 63.4 Å². The number of amides is 2. The number of nitrogens with two attached hydrogens (primary N) is 1. The number of primary amides is 1. The molecule has 0 bridgehead atoms. The summed E-state index contributed by atoms with van der Waals surface area (Å²) in [5.74, 6) is 0.478. The molecule has 4 nitrogen and oxygen atoms in total. The number of carbonyl (C=O) groups excluding carboxylic acids is 2. The molecule has 0 unspecified atom stereocenters. The Morgan fingerprint density at radius 2 is 1.68 bits per heavy atom. The Hall–Kier alpha value is -0.710. The average molecular weight is 286 g/mol. The monoisotopic (exact) mass is 286 g/mol. The summed E-state index contributed by atoms with van der Waals surface area (Å²) in [4.78, 5) is 25.3. The van der Waals surface area contributed by atoms with Crippen LogP contribution in [-0.2, 0) is 9.59 Å². The third-order valence-electron chi connectivity index (χ3n) is 3.91. The predicted octanol–water partition coefficient (Wildman–Crippen LogP) is 1.88. The van der Waals surface area contributed by atoms with E-state index in [0.717, 1.165) is 0 Å². The first-order valence-electron chi connectivity index (χ1n) is 7.06. The standard InChI is InChI=1S/C14H26N2O2S/c1-9(2)10(3)19-11(4)14(18)16-7-5-12(6-8-16)13(15)17/h9-12H,5-8H2,1-4H3,(H2,15,17)/t10-,11-/m1/s1. The summed E-state index contributed by atoms with van der Waals surface area (Å²) in [5.41, 5.74) is 5.30. The second kappa shape index (κ2) is 7.17. The van der Waals surface area contributed by atoms with Gasteiger partial charge in [-0.25, -0.2) is 0 Å². The van der Waals surface area contributed by atoms with Crippen LogP contribution in [0.2, 0.25) is 0 Å². The van der Waals surface area contributed by atoms with Gasteiger partial charge in [0.2, 0.25) is 11.8 Å². The Bertz CT molecular complexity index is 325. The first-order chi connectivity index (χ1) is 8.82. The Labute approximate surface area is 120 Å². The van der Waals surface area contributed by atoms with Crippen molar-refractivity contribution < 1.29 is 9.59 Å². The predicted molar refractivity (Wildman–Crippen MR) is 79.9 cm³/mol. The highest BCUT2D eigenvalue weighted by Gasteiger charge is 2.29. The molecular weight excluding hydrogens is 260 g/mol. The minimum atomic E-state index is -0.233. The van der Waals surface area contributed by atoms with Gasteiger partial charge < -0.3 is 10.6 Å². The Morgan fingerprint density at radius 3 is 2.11 bits per heavy atom. The quantitative estimate of drug-likeness (QED) is 0.839. The molecule has 1 heterocycles. The molecule has 2 N–H and O–H groups in total. The van der Waals surface area contributed by atoms with Crippen molar-refractivity contribution in [2.75, 3.05) is 13.1 Å². The lowest BCUT2D eigenvalue weighted by Gasteiger charge is -2.33. The maximum absolute atomic E-state index is 12.3. The molecule has 1 aliphatic heterocycles. The smallest absolute Gasteiger partial charge is 0.235 e. The van der Waals surface area contributed by atoms with Crippen LogP contribution in [0.4, 0.5) is 0 Å². The molecule has 0 aliphatic carbocycles. The van der Waals surface area contributed by atoms with E-state index in [-0.39, 0.29) is 23.0 Å². The summed E-state index contributed by atoms with van der Waals surface area (Å²) in [6.45, 7) is 9.81. The number of hydrogen-bond acceptors (Lipinski definition) is 3. The first-order valence-corrected chi connectivity index (χ1v) is 8.00. The van der Waals surface area contributed by atoms with E-state index in [9.17, 15) is 9.59 Å². The summed E-state index contributed by atoms with van der Waals surface area (Å²) >= 11 is 1.73. The van der Waals surface area contributed by atoms with E-state index in [4.69, 9.17) is 5.73 Å². The van der Waals surface area contributed by atoms with Crippen molar-refractivity contribution in [3.63, 3.8) is 0 Å². The number of piperidine rings is 1. The highest BCUT2D eigenvalue weighted by molar-refractivity contribution is 8.01. The van der Waals surface area contributed by atoms with Crippen molar-refractivity contribution in [1.82, 2.24) is 4.90 Å². The zero-order valence-electron chi connectivity index (χ0n) is 12.4. The third kappa shape index (κ3) is 4.71. The maximum atomic E-state index is 12.3. The van der Waals surface area contributed by atoms with Crippen molar-refractivity contribution >= 4 is 23.6 Å². The van der Waals surface area contributed by atoms with Crippen LogP contribution < -0.4 is 5.73 Å². The third-order valence-corrected chi connectivity index (χ3v) is 5.50. The van der Waals surface area contributed by atoms with E-state index in [1.54, 1.807) is 11.8 Å². The first kappa shape index (κ1) is 16.3. The molecule has 0 radical (unpaired) electrons. The Kier molecular flexibility index (Phi) is 6.17. The summed E-state index contributed by atoms with van der Waals surface area (Å²) < 4.78 is 0. The van der Waals surface area contributed by atoms with Gasteiger partial charge in [-0.1, -0.05) is 20.8 Å². The number of hydrogen-bond donors (Lipinski definition) is 1. The Balaban J connectivity index is 2.44. The van der Waals surface area contributed by atoms with Gasteiger partial charge >= 0.3 is 0 Å². The van der Waals surface area contributed by atoms with Gasteiger partial charge in [-0.2, -0.15) is 0 Å². The second-order valence-corrected chi connectivity index (χ2v) is 7.45. The lowest BCUT2D eigenvalue weighted by atomic mass is 9.96. The number of rotatable bonds is 5. The zero-order chi connectivity index (χ0) is 14.6. The molecule has 110 valence electrons. The number of nitrogens with zero attached hydrogens (tertiary/aromatic N) is 1. The molecule has 0 spiro atoms. The zero-order valence-corrected chi connectivity index (χ0v) is 13.2. The summed E-state index contributed by atoms with van der Waals surface area (Å²) in [7, 11) is 0. The van der Waals surface area contributed by atoms with Crippen LogP contribution in [0.5, 0.6) is 0 Å². The van der Waals surface area contributed by atoms with Crippen LogP contribution in [-0.4, -0.2) is 40.3 Å². The fourth-order valence-electron chi connectivity index (χ4n) is 2.18.